The summed E-state index contributed by atoms with van der Waals surface area (Å²) < 4.78 is 28.7. The second-order valence-corrected chi connectivity index (χ2v) is 6.59. The summed E-state index contributed by atoms with van der Waals surface area (Å²) in [5, 5.41) is 0.452. The highest BCUT2D eigenvalue weighted by Gasteiger charge is 2.17. The number of sulfonamides is 1. The standard InChI is InChI=1S/C15H15ClN2O2S/c1-18(2)15(13-10-6-7-11-14(13)16)17-21(19,20)12-8-4-3-5-9-12/h3-11H,1-2H3/b17-15-. The van der Waals surface area contributed by atoms with Crippen LogP contribution in [-0.2, 0) is 10.0 Å². The fraction of sp³-hybridized carbons (Fsp3) is 0.133. The average molecular weight is 323 g/mol. The second kappa shape index (κ2) is 6.28. The number of benzene rings is 2. The fourth-order valence-corrected chi connectivity index (χ4v) is 3.09. The third-order valence-electron chi connectivity index (χ3n) is 2.79. The summed E-state index contributed by atoms with van der Waals surface area (Å²) in [5.74, 6) is 0.296. The van der Waals surface area contributed by atoms with Gasteiger partial charge < -0.3 is 4.90 Å². The molecular formula is C15H15ClN2O2S. The normalized spacial score (nSPS) is 12.2. The van der Waals surface area contributed by atoms with Crippen molar-refractivity contribution in [2.75, 3.05) is 14.1 Å². The average Bonchev–Trinajstić information content (AvgIpc) is 2.46. The molecule has 0 saturated carbocycles. The maximum Gasteiger partial charge on any atom is 0.284 e. The van der Waals surface area contributed by atoms with Gasteiger partial charge in [-0.25, -0.2) is 0 Å². The van der Waals surface area contributed by atoms with Gasteiger partial charge >= 0.3 is 0 Å². The molecule has 0 unspecified atom stereocenters. The lowest BCUT2D eigenvalue weighted by atomic mass is 10.2. The first-order chi connectivity index (χ1) is 9.92. The minimum atomic E-state index is -3.78. The van der Waals surface area contributed by atoms with Gasteiger partial charge in [-0.1, -0.05) is 41.9 Å². The number of rotatable bonds is 3. The molecule has 4 nitrogen and oxygen atoms in total. The van der Waals surface area contributed by atoms with Crippen molar-refractivity contribution in [1.29, 1.82) is 0 Å². The molecule has 6 heteroatoms. The maximum atomic E-state index is 12.4. The Morgan fingerprint density at radius 2 is 1.57 bits per heavy atom. The zero-order chi connectivity index (χ0) is 15.5. The van der Waals surface area contributed by atoms with Gasteiger partial charge in [0.05, 0.1) is 9.92 Å². The van der Waals surface area contributed by atoms with Crippen LogP contribution in [0.1, 0.15) is 5.56 Å². The van der Waals surface area contributed by atoms with E-state index < -0.39 is 10.0 Å². The molecule has 0 fully saturated rings. The first-order valence-corrected chi connectivity index (χ1v) is 8.06. The molecule has 0 heterocycles. The zero-order valence-electron chi connectivity index (χ0n) is 11.7. The topological polar surface area (TPSA) is 49.7 Å². The number of halogens is 1. The Hall–Kier alpha value is -1.85. The predicted octanol–water partition coefficient (Wildman–Crippen LogP) is 3.04. The van der Waals surface area contributed by atoms with Crippen LogP contribution in [0.3, 0.4) is 0 Å². The molecule has 0 aliphatic heterocycles. The minimum absolute atomic E-state index is 0.149. The van der Waals surface area contributed by atoms with Crippen LogP contribution in [0.25, 0.3) is 0 Å². The molecule has 0 N–H and O–H groups in total. The highest BCUT2D eigenvalue weighted by molar-refractivity contribution is 7.90. The summed E-state index contributed by atoms with van der Waals surface area (Å²) in [7, 11) is -0.332. The molecule has 0 saturated heterocycles. The monoisotopic (exact) mass is 322 g/mol. The van der Waals surface area contributed by atoms with E-state index in [1.54, 1.807) is 61.5 Å². The Balaban J connectivity index is 2.56. The van der Waals surface area contributed by atoms with E-state index in [9.17, 15) is 8.42 Å². The van der Waals surface area contributed by atoms with Gasteiger partial charge in [0.1, 0.15) is 5.84 Å². The van der Waals surface area contributed by atoms with Crippen LogP contribution in [0.4, 0.5) is 0 Å². The quantitative estimate of drug-likeness (QED) is 0.644. The SMILES string of the molecule is CN(C)/C(=N\S(=O)(=O)c1ccccc1)c1ccccc1Cl. The van der Waals surface area contributed by atoms with Gasteiger partial charge in [0.15, 0.2) is 0 Å². The molecule has 0 bridgehead atoms. The van der Waals surface area contributed by atoms with E-state index in [0.717, 1.165) is 0 Å². The molecule has 2 aromatic rings. The Kier molecular flexibility index (Phi) is 4.65. The third kappa shape index (κ3) is 3.62. The van der Waals surface area contributed by atoms with Crippen molar-refractivity contribution >= 4 is 27.5 Å². The molecule has 2 rings (SSSR count). The van der Waals surface area contributed by atoms with Crippen molar-refractivity contribution in [2.45, 2.75) is 4.90 Å². The summed E-state index contributed by atoms with van der Waals surface area (Å²) in [6.45, 7) is 0. The van der Waals surface area contributed by atoms with Gasteiger partial charge in [-0.3, -0.25) is 0 Å². The largest absolute Gasteiger partial charge is 0.362 e. The van der Waals surface area contributed by atoms with Crippen LogP contribution in [0, 0.1) is 0 Å². The van der Waals surface area contributed by atoms with Crippen LogP contribution < -0.4 is 0 Å². The Morgan fingerprint density at radius 3 is 2.14 bits per heavy atom. The summed E-state index contributed by atoms with van der Waals surface area (Å²) in [6, 6.07) is 15.1. The molecule has 2 aromatic carbocycles. The van der Waals surface area contributed by atoms with E-state index >= 15 is 0 Å². The van der Waals surface area contributed by atoms with Crippen molar-refractivity contribution in [2.24, 2.45) is 4.40 Å². The van der Waals surface area contributed by atoms with Gasteiger partial charge in [-0.05, 0) is 24.3 Å². The molecule has 110 valence electrons. The van der Waals surface area contributed by atoms with Crippen LogP contribution in [-0.4, -0.2) is 33.2 Å². The molecule has 0 aliphatic carbocycles. The van der Waals surface area contributed by atoms with E-state index in [-0.39, 0.29) is 4.90 Å². The third-order valence-corrected chi connectivity index (χ3v) is 4.40. The molecule has 0 amide bonds. The molecule has 0 spiro atoms. The summed E-state index contributed by atoms with van der Waals surface area (Å²) in [6.07, 6.45) is 0. The molecule has 0 radical (unpaired) electrons. The highest BCUT2D eigenvalue weighted by Crippen LogP contribution is 2.19. The van der Waals surface area contributed by atoms with E-state index in [1.165, 1.54) is 12.1 Å². The van der Waals surface area contributed by atoms with E-state index in [2.05, 4.69) is 4.40 Å². The first kappa shape index (κ1) is 15.5. The number of amidine groups is 1. The van der Waals surface area contributed by atoms with Gasteiger partial charge in [0, 0.05) is 19.7 Å². The number of nitrogens with zero attached hydrogens (tertiary/aromatic N) is 2. The predicted molar refractivity (Wildman–Crippen MR) is 85.3 cm³/mol. The fourth-order valence-electron chi connectivity index (χ4n) is 1.77. The summed E-state index contributed by atoms with van der Waals surface area (Å²) in [4.78, 5) is 1.78. The second-order valence-electron chi connectivity index (χ2n) is 4.58. The Morgan fingerprint density at radius 1 is 1.00 bits per heavy atom. The Labute approximate surface area is 129 Å². The van der Waals surface area contributed by atoms with Crippen molar-refractivity contribution in [3.05, 3.63) is 65.2 Å². The van der Waals surface area contributed by atoms with Crippen LogP contribution in [0.15, 0.2) is 63.9 Å². The van der Waals surface area contributed by atoms with E-state index in [1.807, 2.05) is 0 Å². The molecule has 21 heavy (non-hydrogen) atoms. The van der Waals surface area contributed by atoms with Crippen LogP contribution >= 0.6 is 11.6 Å². The first-order valence-electron chi connectivity index (χ1n) is 6.24. The lowest BCUT2D eigenvalue weighted by Crippen LogP contribution is -2.24. The zero-order valence-corrected chi connectivity index (χ0v) is 13.3. The minimum Gasteiger partial charge on any atom is -0.362 e. The van der Waals surface area contributed by atoms with Gasteiger partial charge in [-0.2, -0.15) is 8.42 Å². The van der Waals surface area contributed by atoms with Crippen LogP contribution in [0.2, 0.25) is 5.02 Å². The van der Waals surface area contributed by atoms with Gasteiger partial charge in [0.2, 0.25) is 0 Å². The molecule has 0 aromatic heterocycles. The van der Waals surface area contributed by atoms with Gasteiger partial charge in [0.25, 0.3) is 10.0 Å². The molecule has 0 aliphatic rings. The number of hydrogen-bond acceptors (Lipinski definition) is 2. The lowest BCUT2D eigenvalue weighted by Gasteiger charge is -2.16. The van der Waals surface area contributed by atoms with Crippen molar-refractivity contribution in [3.8, 4) is 0 Å². The van der Waals surface area contributed by atoms with E-state index in [4.69, 9.17) is 11.6 Å². The summed E-state index contributed by atoms with van der Waals surface area (Å²) >= 11 is 6.14. The van der Waals surface area contributed by atoms with Gasteiger partial charge in [-0.15, -0.1) is 4.40 Å². The maximum absolute atomic E-state index is 12.4. The van der Waals surface area contributed by atoms with Crippen molar-refractivity contribution < 1.29 is 8.42 Å². The van der Waals surface area contributed by atoms with E-state index in [0.29, 0.717) is 16.4 Å². The number of hydrogen-bond donors (Lipinski definition) is 0. The summed E-state index contributed by atoms with van der Waals surface area (Å²) in [5.41, 5.74) is 0.573. The highest BCUT2D eigenvalue weighted by atomic mass is 35.5. The Bertz CT molecular complexity index is 756. The molecular weight excluding hydrogens is 308 g/mol. The van der Waals surface area contributed by atoms with Crippen molar-refractivity contribution in [1.82, 2.24) is 4.90 Å². The van der Waals surface area contributed by atoms with Crippen LogP contribution in [0.5, 0.6) is 0 Å². The smallest absolute Gasteiger partial charge is 0.284 e. The molecule has 0 atom stereocenters. The van der Waals surface area contributed by atoms with Crippen molar-refractivity contribution in [3.63, 3.8) is 0 Å². The lowest BCUT2D eigenvalue weighted by molar-refractivity contribution is 0.592.